The van der Waals surface area contributed by atoms with Gasteiger partial charge < -0.3 is 14.8 Å². The van der Waals surface area contributed by atoms with Crippen molar-refractivity contribution in [3.05, 3.63) is 59.4 Å². The normalized spacial score (nSPS) is 11.8. The molecule has 33 heavy (non-hydrogen) atoms. The van der Waals surface area contributed by atoms with Crippen LogP contribution in [0.5, 0.6) is 11.5 Å². The van der Waals surface area contributed by atoms with E-state index in [-0.39, 0.29) is 24.3 Å². The predicted molar refractivity (Wildman–Crippen MR) is 132 cm³/mol. The lowest BCUT2D eigenvalue weighted by Crippen LogP contribution is -2.33. The minimum Gasteiger partial charge on any atom is -0.494 e. The Morgan fingerprint density at radius 2 is 1.73 bits per heavy atom. The largest absolute Gasteiger partial charge is 0.494 e. The van der Waals surface area contributed by atoms with Crippen molar-refractivity contribution in [2.75, 3.05) is 12.4 Å². The van der Waals surface area contributed by atoms with Gasteiger partial charge in [-0.1, -0.05) is 36.7 Å². The molecule has 1 aromatic heterocycles. The maximum absolute atomic E-state index is 12.3. The molecule has 2 aromatic carbocycles. The summed E-state index contributed by atoms with van der Waals surface area (Å²) in [6.07, 6.45) is 1.97. The Labute approximate surface area is 203 Å². The van der Waals surface area contributed by atoms with Crippen LogP contribution in [-0.4, -0.2) is 39.1 Å². The molecule has 176 valence electrons. The van der Waals surface area contributed by atoms with Crippen LogP contribution in [-0.2, 0) is 11.4 Å². The number of carbonyl (C=O) groups excluding carboxylic acids is 1. The van der Waals surface area contributed by atoms with Crippen LogP contribution in [0.3, 0.4) is 0 Å². The second-order valence-corrected chi connectivity index (χ2v) is 8.83. The van der Waals surface area contributed by atoms with E-state index < -0.39 is 0 Å². The SMILES string of the molecule is CCCC(C)NC(=O)CSc1nnc(COc2ccc(OCC)cc2)n1-c1ccc(Cl)cc1. The lowest BCUT2D eigenvalue weighted by Gasteiger charge is -2.13. The Balaban J connectivity index is 1.74. The van der Waals surface area contributed by atoms with Crippen LogP contribution in [0.2, 0.25) is 5.02 Å². The van der Waals surface area contributed by atoms with Crippen molar-refractivity contribution in [1.29, 1.82) is 0 Å². The lowest BCUT2D eigenvalue weighted by atomic mass is 10.2. The van der Waals surface area contributed by atoms with E-state index in [2.05, 4.69) is 22.4 Å². The van der Waals surface area contributed by atoms with Gasteiger partial charge >= 0.3 is 0 Å². The molecular formula is C24H29ClN4O3S. The van der Waals surface area contributed by atoms with E-state index >= 15 is 0 Å². The van der Waals surface area contributed by atoms with E-state index in [4.69, 9.17) is 21.1 Å². The van der Waals surface area contributed by atoms with Gasteiger partial charge in [-0.2, -0.15) is 0 Å². The van der Waals surface area contributed by atoms with Crippen molar-refractivity contribution in [3.63, 3.8) is 0 Å². The number of nitrogens with one attached hydrogen (secondary N) is 1. The third-order valence-corrected chi connectivity index (χ3v) is 5.93. The standard InChI is InChI=1S/C24H29ClN4O3S/c1-4-6-17(3)26-23(30)16-33-24-28-27-22(29(24)19-9-7-18(25)8-10-19)15-32-21-13-11-20(12-14-21)31-5-2/h7-14,17H,4-6,15-16H2,1-3H3,(H,26,30). The minimum atomic E-state index is -0.0289. The molecule has 0 aliphatic carbocycles. The van der Waals surface area contributed by atoms with Crippen LogP contribution in [0.1, 0.15) is 39.4 Å². The number of nitrogens with zero attached hydrogens (tertiary/aromatic N) is 3. The molecule has 0 radical (unpaired) electrons. The van der Waals surface area contributed by atoms with Gasteiger partial charge in [-0.25, -0.2) is 0 Å². The number of benzene rings is 2. The highest BCUT2D eigenvalue weighted by atomic mass is 35.5. The zero-order valence-electron chi connectivity index (χ0n) is 19.1. The first kappa shape index (κ1) is 24.9. The Bertz CT molecular complexity index is 1030. The predicted octanol–water partition coefficient (Wildman–Crippen LogP) is 5.30. The fourth-order valence-electron chi connectivity index (χ4n) is 3.24. The first-order valence-corrected chi connectivity index (χ1v) is 12.3. The molecule has 0 spiro atoms. The summed E-state index contributed by atoms with van der Waals surface area (Å²) >= 11 is 7.41. The minimum absolute atomic E-state index is 0.0289. The molecular weight excluding hydrogens is 460 g/mol. The van der Waals surface area contributed by atoms with Crippen molar-refractivity contribution in [1.82, 2.24) is 20.1 Å². The van der Waals surface area contributed by atoms with E-state index in [9.17, 15) is 4.79 Å². The monoisotopic (exact) mass is 488 g/mol. The molecule has 7 nitrogen and oxygen atoms in total. The quantitative estimate of drug-likeness (QED) is 0.349. The number of hydrogen-bond donors (Lipinski definition) is 1. The summed E-state index contributed by atoms with van der Waals surface area (Å²) in [7, 11) is 0. The van der Waals surface area contributed by atoms with Crippen molar-refractivity contribution in [2.45, 2.75) is 51.4 Å². The van der Waals surface area contributed by atoms with Gasteiger partial charge in [0, 0.05) is 16.8 Å². The zero-order valence-corrected chi connectivity index (χ0v) is 20.7. The molecule has 9 heteroatoms. The highest BCUT2D eigenvalue weighted by Gasteiger charge is 2.17. The van der Waals surface area contributed by atoms with Crippen molar-refractivity contribution >= 4 is 29.3 Å². The van der Waals surface area contributed by atoms with Gasteiger partial charge in [-0.05, 0) is 68.8 Å². The number of rotatable bonds is 12. The summed E-state index contributed by atoms with van der Waals surface area (Å²) in [5.74, 6) is 2.33. The average molecular weight is 489 g/mol. The molecule has 0 saturated heterocycles. The van der Waals surface area contributed by atoms with Crippen LogP contribution in [0.4, 0.5) is 0 Å². The second kappa shape index (κ2) is 12.5. The average Bonchev–Trinajstić information content (AvgIpc) is 3.21. The first-order chi connectivity index (χ1) is 16.0. The van der Waals surface area contributed by atoms with Gasteiger partial charge in [0.25, 0.3) is 0 Å². The van der Waals surface area contributed by atoms with Gasteiger partial charge in [0.2, 0.25) is 5.91 Å². The van der Waals surface area contributed by atoms with Crippen molar-refractivity contribution in [3.8, 4) is 17.2 Å². The third-order valence-electron chi connectivity index (χ3n) is 4.75. The second-order valence-electron chi connectivity index (χ2n) is 7.45. The number of ether oxygens (including phenoxy) is 2. The van der Waals surface area contributed by atoms with Crippen molar-refractivity contribution in [2.24, 2.45) is 0 Å². The van der Waals surface area contributed by atoms with Crippen LogP contribution >= 0.6 is 23.4 Å². The number of carbonyl (C=O) groups is 1. The smallest absolute Gasteiger partial charge is 0.230 e. The van der Waals surface area contributed by atoms with Gasteiger partial charge in [0.15, 0.2) is 11.0 Å². The number of amides is 1. The van der Waals surface area contributed by atoms with Crippen molar-refractivity contribution < 1.29 is 14.3 Å². The maximum Gasteiger partial charge on any atom is 0.230 e. The summed E-state index contributed by atoms with van der Waals surface area (Å²) in [5, 5.41) is 12.9. The number of aromatic nitrogens is 3. The number of thioether (sulfide) groups is 1. The molecule has 1 amide bonds. The highest BCUT2D eigenvalue weighted by molar-refractivity contribution is 7.99. The highest BCUT2D eigenvalue weighted by Crippen LogP contribution is 2.25. The van der Waals surface area contributed by atoms with Crippen LogP contribution < -0.4 is 14.8 Å². The van der Waals surface area contributed by atoms with Crippen LogP contribution in [0, 0.1) is 0 Å². The number of halogens is 1. The summed E-state index contributed by atoms with van der Waals surface area (Å²) in [4.78, 5) is 12.3. The summed E-state index contributed by atoms with van der Waals surface area (Å²) in [5.41, 5.74) is 0.844. The Kier molecular flexibility index (Phi) is 9.45. The Hall–Kier alpha value is -2.71. The fraction of sp³-hybridized carbons (Fsp3) is 0.375. The summed E-state index contributed by atoms with van der Waals surface area (Å²) in [6, 6.07) is 15.0. The molecule has 3 aromatic rings. The summed E-state index contributed by atoms with van der Waals surface area (Å²) < 4.78 is 13.3. The van der Waals surface area contributed by atoms with Crippen LogP contribution in [0.15, 0.2) is 53.7 Å². The van der Waals surface area contributed by atoms with E-state index in [0.29, 0.717) is 28.4 Å². The van der Waals surface area contributed by atoms with E-state index in [1.54, 1.807) is 0 Å². The molecule has 0 saturated carbocycles. The molecule has 0 aliphatic heterocycles. The lowest BCUT2D eigenvalue weighted by molar-refractivity contribution is -0.119. The molecule has 0 bridgehead atoms. The first-order valence-electron chi connectivity index (χ1n) is 11.0. The van der Waals surface area contributed by atoms with Crippen LogP contribution in [0.25, 0.3) is 5.69 Å². The summed E-state index contributed by atoms with van der Waals surface area (Å²) in [6.45, 7) is 6.88. The molecule has 1 heterocycles. The maximum atomic E-state index is 12.3. The topological polar surface area (TPSA) is 78.3 Å². The van der Waals surface area contributed by atoms with Gasteiger partial charge in [-0.15, -0.1) is 10.2 Å². The molecule has 0 fully saturated rings. The third kappa shape index (κ3) is 7.40. The molecule has 1 atom stereocenters. The molecule has 1 N–H and O–H groups in total. The van der Waals surface area contributed by atoms with Gasteiger partial charge in [0.1, 0.15) is 18.1 Å². The molecule has 0 aliphatic rings. The fourth-order valence-corrected chi connectivity index (χ4v) is 4.14. The number of hydrogen-bond acceptors (Lipinski definition) is 6. The van der Waals surface area contributed by atoms with E-state index in [0.717, 1.165) is 24.3 Å². The molecule has 1 unspecified atom stereocenters. The Morgan fingerprint density at radius 1 is 1.06 bits per heavy atom. The van der Waals surface area contributed by atoms with E-state index in [1.807, 2.05) is 66.9 Å². The van der Waals surface area contributed by atoms with Gasteiger partial charge in [0.05, 0.1) is 12.4 Å². The zero-order chi connectivity index (χ0) is 23.6. The molecule has 3 rings (SSSR count). The van der Waals surface area contributed by atoms with Gasteiger partial charge in [-0.3, -0.25) is 9.36 Å². The Morgan fingerprint density at radius 3 is 2.36 bits per heavy atom. The van der Waals surface area contributed by atoms with E-state index in [1.165, 1.54) is 11.8 Å².